The molecule has 2 rings (SSSR count). The SMILES string of the molecule is NCCc1cccc(-c2ccc(C(F)(F)F)cc2)c1Cl. The topological polar surface area (TPSA) is 26.0 Å². The van der Waals surface area contributed by atoms with E-state index in [-0.39, 0.29) is 0 Å². The van der Waals surface area contributed by atoms with Crippen LogP contribution in [0, 0.1) is 0 Å². The predicted octanol–water partition coefficient (Wildman–Crippen LogP) is 4.53. The Labute approximate surface area is 120 Å². The number of nitrogens with two attached hydrogens (primary N) is 1. The van der Waals surface area contributed by atoms with Crippen molar-refractivity contribution in [1.29, 1.82) is 0 Å². The fourth-order valence-electron chi connectivity index (χ4n) is 1.99. The van der Waals surface area contributed by atoms with Crippen molar-refractivity contribution in [2.24, 2.45) is 5.73 Å². The molecular weight excluding hydrogens is 287 g/mol. The first-order valence-electron chi connectivity index (χ1n) is 6.08. The Morgan fingerprint density at radius 1 is 1.00 bits per heavy atom. The highest BCUT2D eigenvalue weighted by Gasteiger charge is 2.30. The van der Waals surface area contributed by atoms with E-state index >= 15 is 0 Å². The molecule has 0 spiro atoms. The molecule has 1 nitrogen and oxygen atoms in total. The Kier molecular flexibility index (Phi) is 4.35. The van der Waals surface area contributed by atoms with Gasteiger partial charge in [0.05, 0.1) is 10.6 Å². The van der Waals surface area contributed by atoms with E-state index < -0.39 is 11.7 Å². The van der Waals surface area contributed by atoms with Crippen LogP contribution in [0.25, 0.3) is 11.1 Å². The molecule has 2 aromatic rings. The number of halogens is 4. The Hall–Kier alpha value is -1.52. The van der Waals surface area contributed by atoms with Gasteiger partial charge in [-0.2, -0.15) is 13.2 Å². The molecule has 0 aliphatic carbocycles. The molecule has 0 saturated heterocycles. The summed E-state index contributed by atoms with van der Waals surface area (Å²) in [6.45, 7) is 0.468. The van der Waals surface area contributed by atoms with Crippen molar-refractivity contribution in [3.8, 4) is 11.1 Å². The number of benzene rings is 2. The largest absolute Gasteiger partial charge is 0.416 e. The minimum Gasteiger partial charge on any atom is -0.330 e. The first-order valence-corrected chi connectivity index (χ1v) is 6.46. The van der Waals surface area contributed by atoms with E-state index in [2.05, 4.69) is 0 Å². The molecule has 0 unspecified atom stereocenters. The molecule has 0 saturated carbocycles. The lowest BCUT2D eigenvalue weighted by Crippen LogP contribution is -2.04. The maximum Gasteiger partial charge on any atom is 0.416 e. The summed E-state index contributed by atoms with van der Waals surface area (Å²) in [5, 5.41) is 0.540. The number of hydrogen-bond acceptors (Lipinski definition) is 1. The van der Waals surface area contributed by atoms with Gasteiger partial charge in [0.2, 0.25) is 0 Å². The monoisotopic (exact) mass is 299 g/mol. The molecule has 0 aliphatic rings. The van der Waals surface area contributed by atoms with Gasteiger partial charge in [0.25, 0.3) is 0 Å². The zero-order chi connectivity index (χ0) is 14.8. The zero-order valence-corrected chi connectivity index (χ0v) is 11.3. The zero-order valence-electron chi connectivity index (χ0n) is 10.5. The van der Waals surface area contributed by atoms with Crippen LogP contribution in [0.15, 0.2) is 42.5 Å². The van der Waals surface area contributed by atoms with E-state index in [4.69, 9.17) is 17.3 Å². The minimum atomic E-state index is -4.33. The molecular formula is C15H13ClF3N. The Morgan fingerprint density at radius 3 is 2.20 bits per heavy atom. The second-order valence-corrected chi connectivity index (χ2v) is 4.77. The highest BCUT2D eigenvalue weighted by molar-refractivity contribution is 6.34. The van der Waals surface area contributed by atoms with Crippen molar-refractivity contribution in [2.45, 2.75) is 12.6 Å². The van der Waals surface area contributed by atoms with Crippen LogP contribution in [-0.2, 0) is 12.6 Å². The summed E-state index contributed by atoms with van der Waals surface area (Å²) in [6, 6.07) is 10.4. The van der Waals surface area contributed by atoms with Crippen LogP contribution in [-0.4, -0.2) is 6.54 Å². The van der Waals surface area contributed by atoms with Gasteiger partial charge < -0.3 is 5.73 Å². The first-order chi connectivity index (χ1) is 9.43. The standard InChI is InChI=1S/C15H13ClF3N/c16-14-11(8-9-20)2-1-3-13(14)10-4-6-12(7-5-10)15(17,18)19/h1-7H,8-9,20H2. The van der Waals surface area contributed by atoms with Gasteiger partial charge in [-0.15, -0.1) is 0 Å². The van der Waals surface area contributed by atoms with Crippen molar-refractivity contribution < 1.29 is 13.2 Å². The smallest absolute Gasteiger partial charge is 0.330 e. The summed E-state index contributed by atoms with van der Waals surface area (Å²) >= 11 is 6.27. The van der Waals surface area contributed by atoms with Crippen molar-refractivity contribution >= 4 is 11.6 Å². The summed E-state index contributed by atoms with van der Waals surface area (Å²) in [5.74, 6) is 0. The van der Waals surface area contributed by atoms with E-state index in [9.17, 15) is 13.2 Å². The Morgan fingerprint density at radius 2 is 1.65 bits per heavy atom. The molecule has 0 amide bonds. The van der Waals surface area contributed by atoms with Crippen LogP contribution < -0.4 is 5.73 Å². The van der Waals surface area contributed by atoms with Gasteiger partial charge in [0, 0.05) is 5.56 Å². The average Bonchev–Trinajstić information content (AvgIpc) is 2.41. The molecule has 0 bridgehead atoms. The first kappa shape index (κ1) is 14.9. The minimum absolute atomic E-state index is 0.468. The van der Waals surface area contributed by atoms with Crippen LogP contribution in [0.1, 0.15) is 11.1 Å². The third-order valence-electron chi connectivity index (χ3n) is 3.02. The molecule has 0 atom stereocenters. The van der Waals surface area contributed by atoms with Crippen molar-refractivity contribution in [1.82, 2.24) is 0 Å². The number of rotatable bonds is 3. The van der Waals surface area contributed by atoms with Gasteiger partial charge in [-0.05, 0) is 36.2 Å². The summed E-state index contributed by atoms with van der Waals surface area (Å²) in [6.07, 6.45) is -3.70. The highest BCUT2D eigenvalue weighted by Crippen LogP contribution is 2.34. The maximum atomic E-state index is 12.5. The van der Waals surface area contributed by atoms with Crippen LogP contribution in [0.2, 0.25) is 5.02 Å². The predicted molar refractivity (Wildman–Crippen MR) is 74.6 cm³/mol. The van der Waals surface area contributed by atoms with Gasteiger partial charge in [-0.3, -0.25) is 0 Å². The summed E-state index contributed by atoms with van der Waals surface area (Å²) in [5.41, 5.74) is 7.10. The molecule has 2 N–H and O–H groups in total. The van der Waals surface area contributed by atoms with Crippen LogP contribution in [0.5, 0.6) is 0 Å². The van der Waals surface area contributed by atoms with E-state index in [1.54, 1.807) is 6.07 Å². The van der Waals surface area contributed by atoms with E-state index in [1.807, 2.05) is 12.1 Å². The summed E-state index contributed by atoms with van der Waals surface area (Å²) in [4.78, 5) is 0. The second-order valence-electron chi connectivity index (χ2n) is 4.39. The third-order valence-corrected chi connectivity index (χ3v) is 3.46. The van der Waals surface area contributed by atoms with Crippen molar-refractivity contribution in [3.63, 3.8) is 0 Å². The number of alkyl halides is 3. The third kappa shape index (κ3) is 3.14. The number of hydrogen-bond donors (Lipinski definition) is 1. The second kappa shape index (κ2) is 5.85. The van der Waals surface area contributed by atoms with Gasteiger partial charge in [0.15, 0.2) is 0 Å². The van der Waals surface area contributed by atoms with Gasteiger partial charge in [-0.25, -0.2) is 0 Å². The van der Waals surface area contributed by atoms with Gasteiger partial charge >= 0.3 is 6.18 Å². The molecule has 106 valence electrons. The normalized spacial score (nSPS) is 11.7. The van der Waals surface area contributed by atoms with Crippen LogP contribution in [0.3, 0.4) is 0 Å². The lowest BCUT2D eigenvalue weighted by atomic mass is 10.0. The van der Waals surface area contributed by atoms with Gasteiger partial charge in [0.1, 0.15) is 0 Å². The lowest BCUT2D eigenvalue weighted by Gasteiger charge is -2.11. The molecule has 0 fully saturated rings. The Balaban J connectivity index is 2.39. The maximum absolute atomic E-state index is 12.5. The highest BCUT2D eigenvalue weighted by atomic mass is 35.5. The fraction of sp³-hybridized carbons (Fsp3) is 0.200. The molecule has 0 radical (unpaired) electrons. The molecule has 20 heavy (non-hydrogen) atoms. The fourth-order valence-corrected chi connectivity index (χ4v) is 2.32. The molecule has 2 aromatic carbocycles. The van der Waals surface area contributed by atoms with E-state index in [1.165, 1.54) is 12.1 Å². The summed E-state index contributed by atoms with van der Waals surface area (Å²) in [7, 11) is 0. The van der Waals surface area contributed by atoms with Crippen LogP contribution >= 0.6 is 11.6 Å². The lowest BCUT2D eigenvalue weighted by molar-refractivity contribution is -0.137. The van der Waals surface area contributed by atoms with E-state index in [0.717, 1.165) is 17.7 Å². The quantitative estimate of drug-likeness (QED) is 0.885. The van der Waals surface area contributed by atoms with E-state index in [0.29, 0.717) is 29.1 Å². The van der Waals surface area contributed by atoms with Crippen LogP contribution in [0.4, 0.5) is 13.2 Å². The molecule has 5 heteroatoms. The Bertz CT molecular complexity index is 591. The average molecular weight is 300 g/mol. The molecule has 0 aliphatic heterocycles. The van der Waals surface area contributed by atoms with Crippen molar-refractivity contribution in [3.05, 3.63) is 58.6 Å². The molecule has 0 aromatic heterocycles. The van der Waals surface area contributed by atoms with Crippen molar-refractivity contribution in [2.75, 3.05) is 6.54 Å². The summed E-state index contributed by atoms with van der Waals surface area (Å²) < 4.78 is 37.6. The van der Waals surface area contributed by atoms with Gasteiger partial charge in [-0.1, -0.05) is 41.9 Å². The molecule has 0 heterocycles.